The molecule has 46 heavy (non-hydrogen) atoms. The van der Waals surface area contributed by atoms with Crippen LogP contribution in [0.5, 0.6) is 0 Å². The van der Waals surface area contributed by atoms with Crippen LogP contribution in [0.25, 0.3) is 10.8 Å². The molecule has 0 spiro atoms. The first-order valence-electron chi connectivity index (χ1n) is 14.5. The summed E-state index contributed by atoms with van der Waals surface area (Å²) in [5.41, 5.74) is 2.00. The lowest BCUT2D eigenvalue weighted by Crippen LogP contribution is -2.51. The maximum Gasteiger partial charge on any atom is 0.321 e. The van der Waals surface area contributed by atoms with Crippen molar-refractivity contribution in [2.24, 2.45) is 0 Å². The normalized spacial score (nSPS) is 13.0. The molecule has 1 aliphatic heterocycles. The summed E-state index contributed by atoms with van der Waals surface area (Å²) in [7, 11) is 0. The molecule has 1 saturated heterocycles. The molecule has 4 amide bonds. The number of carbonyl (C=O) groups excluding carboxylic acids is 3. The SMILES string of the molecule is O=C(Nc1cccc(F)c1)c1ccc(NC(=O)N2CCN(C(=O)c3cc(Cc4n[nH]c(=O)c5ccccc45)ccc3F)CC2)cc1. The van der Waals surface area contributed by atoms with Crippen LogP contribution < -0.4 is 16.2 Å². The van der Waals surface area contributed by atoms with Crippen LogP contribution in [-0.2, 0) is 6.42 Å². The number of anilines is 2. The zero-order chi connectivity index (χ0) is 32.2. The summed E-state index contributed by atoms with van der Waals surface area (Å²) in [4.78, 5) is 53.9. The third kappa shape index (κ3) is 6.60. The molecule has 0 saturated carbocycles. The van der Waals surface area contributed by atoms with E-state index in [0.717, 1.165) is 0 Å². The maximum atomic E-state index is 14.8. The predicted molar refractivity (Wildman–Crippen MR) is 169 cm³/mol. The Balaban J connectivity index is 1.04. The number of fused-ring (bicyclic) bond motifs is 1. The number of aromatic amines is 1. The molecule has 232 valence electrons. The lowest BCUT2D eigenvalue weighted by atomic mass is 10.0. The fraction of sp³-hybridized carbons (Fsp3) is 0.147. The highest BCUT2D eigenvalue weighted by molar-refractivity contribution is 6.04. The summed E-state index contributed by atoms with van der Waals surface area (Å²) in [5.74, 6) is -2.02. The van der Waals surface area contributed by atoms with E-state index in [1.165, 1.54) is 35.2 Å². The number of hydrogen-bond acceptors (Lipinski definition) is 5. The third-order valence-electron chi connectivity index (χ3n) is 7.74. The molecule has 6 rings (SSSR count). The Morgan fingerprint density at radius 2 is 1.48 bits per heavy atom. The summed E-state index contributed by atoms with van der Waals surface area (Å²) >= 11 is 0. The van der Waals surface area contributed by atoms with Gasteiger partial charge in [-0.25, -0.2) is 18.7 Å². The first-order valence-corrected chi connectivity index (χ1v) is 14.5. The molecule has 0 aliphatic carbocycles. The summed E-state index contributed by atoms with van der Waals surface area (Å²) < 4.78 is 28.2. The zero-order valence-electron chi connectivity index (χ0n) is 24.4. The lowest BCUT2D eigenvalue weighted by Gasteiger charge is -2.34. The molecule has 3 N–H and O–H groups in total. The minimum absolute atomic E-state index is 0.0781. The van der Waals surface area contributed by atoms with Crippen LogP contribution in [0.3, 0.4) is 0 Å². The first-order chi connectivity index (χ1) is 22.2. The zero-order valence-corrected chi connectivity index (χ0v) is 24.4. The van der Waals surface area contributed by atoms with Crippen LogP contribution >= 0.6 is 0 Å². The van der Waals surface area contributed by atoms with Crippen molar-refractivity contribution in [3.8, 4) is 0 Å². The lowest BCUT2D eigenvalue weighted by molar-refractivity contribution is 0.0667. The Bertz CT molecular complexity index is 2010. The Hall–Kier alpha value is -5.91. The molecule has 0 atom stereocenters. The largest absolute Gasteiger partial charge is 0.335 e. The van der Waals surface area contributed by atoms with E-state index in [1.54, 1.807) is 65.6 Å². The van der Waals surface area contributed by atoms with Gasteiger partial charge in [0.2, 0.25) is 0 Å². The van der Waals surface area contributed by atoms with E-state index in [9.17, 15) is 28.0 Å². The van der Waals surface area contributed by atoms with E-state index in [0.29, 0.717) is 39.0 Å². The average molecular weight is 623 g/mol. The number of nitrogens with one attached hydrogen (secondary N) is 3. The Labute approximate surface area is 261 Å². The second-order valence-corrected chi connectivity index (χ2v) is 10.8. The van der Waals surface area contributed by atoms with Gasteiger partial charge in [0.15, 0.2) is 0 Å². The molecule has 0 unspecified atom stereocenters. The van der Waals surface area contributed by atoms with Crippen LogP contribution in [0.2, 0.25) is 0 Å². The Morgan fingerprint density at radius 3 is 2.22 bits per heavy atom. The number of amides is 4. The molecule has 1 aromatic heterocycles. The summed E-state index contributed by atoms with van der Waals surface area (Å²) in [5, 5.41) is 13.2. The quantitative estimate of drug-likeness (QED) is 0.245. The van der Waals surface area contributed by atoms with E-state index in [1.807, 2.05) is 0 Å². The maximum absolute atomic E-state index is 14.8. The topological polar surface area (TPSA) is 128 Å². The molecule has 0 bridgehead atoms. The fourth-order valence-corrected chi connectivity index (χ4v) is 5.31. The van der Waals surface area contributed by atoms with Crippen LogP contribution in [0.1, 0.15) is 32.0 Å². The third-order valence-corrected chi connectivity index (χ3v) is 7.74. The number of urea groups is 1. The van der Waals surface area contributed by atoms with Gasteiger partial charge in [-0.2, -0.15) is 5.10 Å². The highest BCUT2D eigenvalue weighted by atomic mass is 19.1. The Kier molecular flexibility index (Phi) is 8.50. The standard InChI is InChI=1S/C34H28F2N6O4/c35-23-4-3-5-25(20-23)37-31(43)22-9-11-24(12-10-22)38-34(46)42-16-14-41(15-17-42)33(45)28-18-21(8-13-29(28)36)19-30-26-6-1-2-7-27(26)32(44)40-39-30/h1-13,18,20H,14-17,19H2,(H,37,43)(H,38,46)(H,40,44). The molecular weight excluding hydrogens is 594 g/mol. The second-order valence-electron chi connectivity index (χ2n) is 10.8. The molecule has 5 aromatic rings. The number of H-pyrrole nitrogens is 1. The van der Waals surface area contributed by atoms with Crippen molar-refractivity contribution in [1.29, 1.82) is 0 Å². The number of piperazine rings is 1. The van der Waals surface area contributed by atoms with Gasteiger partial charge in [0.05, 0.1) is 16.6 Å². The van der Waals surface area contributed by atoms with E-state index in [2.05, 4.69) is 20.8 Å². The van der Waals surface area contributed by atoms with Crippen molar-refractivity contribution >= 4 is 40.0 Å². The number of benzene rings is 4. The van der Waals surface area contributed by atoms with E-state index >= 15 is 0 Å². The van der Waals surface area contributed by atoms with Gasteiger partial charge < -0.3 is 20.4 Å². The summed E-state index contributed by atoms with van der Waals surface area (Å²) in [6.45, 7) is 0.892. The van der Waals surface area contributed by atoms with Crippen LogP contribution in [-0.4, -0.2) is 64.0 Å². The van der Waals surface area contributed by atoms with Gasteiger partial charge in [-0.15, -0.1) is 0 Å². The van der Waals surface area contributed by atoms with Gasteiger partial charge in [0, 0.05) is 54.9 Å². The molecular formula is C34H28F2N6O4. The predicted octanol–water partition coefficient (Wildman–Crippen LogP) is 5.03. The van der Waals surface area contributed by atoms with Gasteiger partial charge >= 0.3 is 6.03 Å². The molecule has 2 heterocycles. The number of halogens is 2. The number of nitrogens with zero attached hydrogens (tertiary/aromatic N) is 3. The van der Waals surface area contributed by atoms with Gasteiger partial charge in [-0.05, 0) is 66.2 Å². The van der Waals surface area contributed by atoms with Crippen molar-refractivity contribution in [2.75, 3.05) is 36.8 Å². The van der Waals surface area contributed by atoms with Gasteiger partial charge in [-0.1, -0.05) is 30.3 Å². The molecule has 10 nitrogen and oxygen atoms in total. The van der Waals surface area contributed by atoms with Crippen molar-refractivity contribution in [1.82, 2.24) is 20.0 Å². The average Bonchev–Trinajstić information content (AvgIpc) is 3.07. The van der Waals surface area contributed by atoms with Crippen LogP contribution in [0.15, 0.2) is 95.8 Å². The van der Waals surface area contributed by atoms with Crippen molar-refractivity contribution in [3.05, 3.63) is 135 Å². The van der Waals surface area contributed by atoms with Gasteiger partial charge in [-0.3, -0.25) is 14.4 Å². The summed E-state index contributed by atoms with van der Waals surface area (Å²) in [6.07, 6.45) is 0.282. The minimum Gasteiger partial charge on any atom is -0.335 e. The van der Waals surface area contributed by atoms with Crippen molar-refractivity contribution in [2.45, 2.75) is 6.42 Å². The smallest absolute Gasteiger partial charge is 0.321 e. The van der Waals surface area contributed by atoms with E-state index in [4.69, 9.17) is 0 Å². The summed E-state index contributed by atoms with van der Waals surface area (Å²) in [6, 6.07) is 22.8. The number of aromatic nitrogens is 2. The monoisotopic (exact) mass is 622 g/mol. The van der Waals surface area contributed by atoms with Gasteiger partial charge in [0.1, 0.15) is 11.6 Å². The van der Waals surface area contributed by atoms with Crippen LogP contribution in [0, 0.1) is 11.6 Å². The van der Waals surface area contributed by atoms with Crippen molar-refractivity contribution < 1.29 is 23.2 Å². The highest BCUT2D eigenvalue weighted by Gasteiger charge is 2.27. The van der Waals surface area contributed by atoms with Crippen molar-refractivity contribution in [3.63, 3.8) is 0 Å². The molecule has 4 aromatic carbocycles. The molecule has 1 aliphatic rings. The number of hydrogen-bond donors (Lipinski definition) is 3. The minimum atomic E-state index is -0.652. The molecule has 12 heteroatoms. The number of carbonyl (C=O) groups is 3. The molecule has 1 fully saturated rings. The van der Waals surface area contributed by atoms with Gasteiger partial charge in [0.25, 0.3) is 17.4 Å². The highest BCUT2D eigenvalue weighted by Crippen LogP contribution is 2.21. The first kappa shape index (κ1) is 30.1. The second kappa shape index (κ2) is 13.0. The number of rotatable bonds is 6. The van der Waals surface area contributed by atoms with E-state index in [-0.39, 0.29) is 49.8 Å². The van der Waals surface area contributed by atoms with Crippen LogP contribution in [0.4, 0.5) is 25.0 Å². The molecule has 0 radical (unpaired) electrons. The fourth-order valence-electron chi connectivity index (χ4n) is 5.31. The Morgan fingerprint density at radius 1 is 0.761 bits per heavy atom. The van der Waals surface area contributed by atoms with E-state index < -0.39 is 23.4 Å².